The van der Waals surface area contributed by atoms with Gasteiger partial charge in [0, 0.05) is 0 Å². The first-order chi connectivity index (χ1) is 13.1. The van der Waals surface area contributed by atoms with Crippen LogP contribution >= 0.6 is 11.6 Å². The molecule has 0 spiro atoms. The van der Waals surface area contributed by atoms with Crippen LogP contribution in [0.1, 0.15) is 15.9 Å². The van der Waals surface area contributed by atoms with Gasteiger partial charge in [-0.15, -0.1) is 0 Å². The molecule has 2 N–H and O–H groups in total. The van der Waals surface area contributed by atoms with E-state index in [1.807, 2.05) is 0 Å². The van der Waals surface area contributed by atoms with E-state index in [2.05, 4.69) is 0 Å². The number of aryl methyl sites for hydroxylation is 1. The maximum absolute atomic E-state index is 13.9. The van der Waals surface area contributed by atoms with E-state index in [0.29, 0.717) is 4.90 Å². The Labute approximate surface area is 162 Å². The Kier molecular flexibility index (Phi) is 4.80. The van der Waals surface area contributed by atoms with Crippen LogP contribution in [0.25, 0.3) is 0 Å². The standard InChI is InChI=1S/C18H13ClF3N3O3/c1-10-6-8-11(9-7-10)25-15(27)17(18(20,21)22,24-16(25)28)23-14(26)12-4-2-3-5-13(12)19/h2-9H,1H3,(H,23,26)(H,24,28)/t17-/m1/s1. The van der Waals surface area contributed by atoms with Crippen LogP contribution in [0.5, 0.6) is 0 Å². The Morgan fingerprint density at radius 1 is 1.11 bits per heavy atom. The molecule has 4 amide bonds. The Morgan fingerprint density at radius 3 is 2.29 bits per heavy atom. The number of halogens is 4. The summed E-state index contributed by atoms with van der Waals surface area (Å²) in [6, 6.07) is 9.80. The van der Waals surface area contributed by atoms with Crippen molar-refractivity contribution < 1.29 is 27.6 Å². The van der Waals surface area contributed by atoms with Crippen LogP contribution in [-0.2, 0) is 4.79 Å². The molecule has 28 heavy (non-hydrogen) atoms. The van der Waals surface area contributed by atoms with Crippen LogP contribution in [0.4, 0.5) is 23.7 Å². The van der Waals surface area contributed by atoms with E-state index in [1.165, 1.54) is 48.5 Å². The second-order valence-corrected chi connectivity index (χ2v) is 6.50. The summed E-state index contributed by atoms with van der Waals surface area (Å²) in [5.41, 5.74) is -3.18. The molecule has 0 aliphatic carbocycles. The summed E-state index contributed by atoms with van der Waals surface area (Å²) < 4.78 is 41.6. The molecule has 1 atom stereocenters. The molecule has 10 heteroatoms. The quantitative estimate of drug-likeness (QED) is 0.760. The Hall–Kier alpha value is -3.07. The molecule has 2 aromatic rings. The molecule has 1 heterocycles. The van der Waals surface area contributed by atoms with Crippen molar-refractivity contribution in [2.75, 3.05) is 4.90 Å². The van der Waals surface area contributed by atoms with Gasteiger partial charge in [-0.05, 0) is 31.2 Å². The number of hydrogen-bond acceptors (Lipinski definition) is 3. The SMILES string of the molecule is Cc1ccc(N2C(=O)N[C@@](NC(=O)c3ccccc3Cl)(C(F)(F)F)C2=O)cc1. The molecular weight excluding hydrogens is 399 g/mol. The second-order valence-electron chi connectivity index (χ2n) is 6.09. The van der Waals surface area contributed by atoms with E-state index in [-0.39, 0.29) is 16.3 Å². The first kappa shape index (κ1) is 19.7. The van der Waals surface area contributed by atoms with Crippen LogP contribution in [0, 0.1) is 6.92 Å². The lowest BCUT2D eigenvalue weighted by atomic mass is 10.1. The van der Waals surface area contributed by atoms with Gasteiger partial charge in [0.15, 0.2) is 0 Å². The number of alkyl halides is 3. The van der Waals surface area contributed by atoms with Gasteiger partial charge < -0.3 is 5.32 Å². The third kappa shape index (κ3) is 3.18. The first-order valence-electron chi connectivity index (χ1n) is 7.94. The molecule has 1 saturated heterocycles. The highest BCUT2D eigenvalue weighted by molar-refractivity contribution is 6.34. The van der Waals surface area contributed by atoms with E-state index in [1.54, 1.807) is 17.6 Å². The molecule has 0 saturated carbocycles. The summed E-state index contributed by atoms with van der Waals surface area (Å²) in [6.45, 7) is 1.74. The van der Waals surface area contributed by atoms with E-state index in [9.17, 15) is 27.6 Å². The summed E-state index contributed by atoms with van der Waals surface area (Å²) >= 11 is 5.84. The molecular formula is C18H13ClF3N3O3. The zero-order chi connectivity index (χ0) is 20.7. The number of rotatable bonds is 3. The molecule has 0 unspecified atom stereocenters. The topological polar surface area (TPSA) is 78.5 Å². The number of imide groups is 1. The molecule has 146 valence electrons. The van der Waals surface area contributed by atoms with Gasteiger partial charge in [-0.3, -0.25) is 14.9 Å². The molecule has 0 bridgehead atoms. The third-order valence-corrected chi connectivity index (χ3v) is 4.49. The molecule has 0 aromatic heterocycles. The van der Waals surface area contributed by atoms with Crippen LogP contribution < -0.4 is 15.5 Å². The van der Waals surface area contributed by atoms with E-state index < -0.39 is 29.7 Å². The highest BCUT2D eigenvalue weighted by Crippen LogP contribution is 2.36. The summed E-state index contributed by atoms with van der Waals surface area (Å²) in [4.78, 5) is 37.7. The number of carbonyl (C=O) groups excluding carboxylic acids is 3. The van der Waals surface area contributed by atoms with Gasteiger partial charge in [0.05, 0.1) is 16.3 Å². The smallest absolute Gasteiger partial charge is 0.314 e. The Morgan fingerprint density at radius 2 is 1.71 bits per heavy atom. The van der Waals surface area contributed by atoms with Crippen LogP contribution in [-0.4, -0.2) is 29.7 Å². The van der Waals surface area contributed by atoms with Crippen molar-refractivity contribution >= 4 is 35.1 Å². The first-order valence-corrected chi connectivity index (χ1v) is 8.32. The number of urea groups is 1. The highest BCUT2D eigenvalue weighted by Gasteiger charge is 2.69. The largest absolute Gasteiger partial charge is 0.440 e. The second kappa shape index (κ2) is 6.83. The van der Waals surface area contributed by atoms with Gasteiger partial charge in [0.25, 0.3) is 17.5 Å². The van der Waals surface area contributed by atoms with E-state index in [4.69, 9.17) is 11.6 Å². The van der Waals surface area contributed by atoms with Gasteiger partial charge in [-0.1, -0.05) is 41.4 Å². The molecule has 0 radical (unpaired) electrons. The zero-order valence-corrected chi connectivity index (χ0v) is 15.1. The normalized spacial score (nSPS) is 19.5. The van der Waals surface area contributed by atoms with Gasteiger partial charge in [-0.2, -0.15) is 13.2 Å². The van der Waals surface area contributed by atoms with Crippen LogP contribution in [0.2, 0.25) is 5.02 Å². The predicted octanol–water partition coefficient (Wildman–Crippen LogP) is 3.39. The average molecular weight is 412 g/mol. The molecule has 3 rings (SSSR count). The summed E-state index contributed by atoms with van der Waals surface area (Å²) in [5, 5.41) is 3.08. The minimum Gasteiger partial charge on any atom is -0.314 e. The predicted molar refractivity (Wildman–Crippen MR) is 94.9 cm³/mol. The van der Waals surface area contributed by atoms with Crippen LogP contribution in [0.15, 0.2) is 48.5 Å². The summed E-state index contributed by atoms with van der Waals surface area (Å²) in [5.74, 6) is -2.93. The lowest BCUT2D eigenvalue weighted by Gasteiger charge is -2.30. The third-order valence-electron chi connectivity index (χ3n) is 4.16. The van der Waals surface area contributed by atoms with Crippen molar-refractivity contribution in [2.24, 2.45) is 0 Å². The number of benzene rings is 2. The summed E-state index contributed by atoms with van der Waals surface area (Å²) in [6.07, 6.45) is -5.31. The lowest BCUT2D eigenvalue weighted by molar-refractivity contribution is -0.197. The molecule has 1 aliphatic rings. The van der Waals surface area contributed by atoms with Crippen molar-refractivity contribution in [3.63, 3.8) is 0 Å². The fourth-order valence-electron chi connectivity index (χ4n) is 2.69. The van der Waals surface area contributed by atoms with E-state index >= 15 is 0 Å². The number of nitrogens with one attached hydrogen (secondary N) is 2. The number of carbonyl (C=O) groups is 3. The molecule has 1 aliphatic heterocycles. The average Bonchev–Trinajstić information content (AvgIpc) is 2.87. The Balaban J connectivity index is 2.02. The zero-order valence-electron chi connectivity index (χ0n) is 14.3. The Bertz CT molecular complexity index is 963. The molecule has 6 nitrogen and oxygen atoms in total. The number of anilines is 1. The van der Waals surface area contributed by atoms with Crippen molar-refractivity contribution in [3.8, 4) is 0 Å². The monoisotopic (exact) mass is 411 g/mol. The number of amides is 4. The van der Waals surface area contributed by atoms with Crippen molar-refractivity contribution in [2.45, 2.75) is 18.8 Å². The number of nitrogens with zero attached hydrogens (tertiary/aromatic N) is 1. The van der Waals surface area contributed by atoms with Gasteiger partial charge in [-0.25, -0.2) is 9.69 Å². The maximum Gasteiger partial charge on any atom is 0.440 e. The fourth-order valence-corrected chi connectivity index (χ4v) is 2.91. The fraction of sp³-hybridized carbons (Fsp3) is 0.167. The summed E-state index contributed by atoms with van der Waals surface area (Å²) in [7, 11) is 0. The van der Waals surface area contributed by atoms with Crippen molar-refractivity contribution in [3.05, 3.63) is 64.7 Å². The van der Waals surface area contributed by atoms with Gasteiger partial charge in [0.2, 0.25) is 0 Å². The maximum atomic E-state index is 13.9. The van der Waals surface area contributed by atoms with Gasteiger partial charge in [0.1, 0.15) is 0 Å². The minimum absolute atomic E-state index is 0.0637. The molecule has 2 aromatic carbocycles. The van der Waals surface area contributed by atoms with Gasteiger partial charge >= 0.3 is 12.2 Å². The van der Waals surface area contributed by atoms with Crippen molar-refractivity contribution in [1.29, 1.82) is 0 Å². The van der Waals surface area contributed by atoms with Crippen LogP contribution in [0.3, 0.4) is 0 Å². The lowest BCUT2D eigenvalue weighted by Crippen LogP contribution is -2.69. The van der Waals surface area contributed by atoms with E-state index in [0.717, 1.165) is 5.56 Å². The highest BCUT2D eigenvalue weighted by atomic mass is 35.5. The van der Waals surface area contributed by atoms with Crippen molar-refractivity contribution in [1.82, 2.24) is 10.6 Å². The minimum atomic E-state index is -5.31. The number of hydrogen-bond donors (Lipinski definition) is 2. The molecule has 1 fully saturated rings.